The van der Waals surface area contributed by atoms with Crippen molar-refractivity contribution in [3.8, 4) is 11.5 Å². The third kappa shape index (κ3) is 7.92. The van der Waals surface area contributed by atoms with E-state index < -0.39 is 10.0 Å². The summed E-state index contributed by atoms with van der Waals surface area (Å²) in [5.41, 5.74) is 1.01. The molecule has 1 aromatic rings. The first-order valence-corrected chi connectivity index (χ1v) is 10.3. The summed E-state index contributed by atoms with van der Waals surface area (Å²) < 4.78 is 35.2. The molecule has 1 rings (SSSR count). The molecule has 2 N–H and O–H groups in total. The Kier molecular flexibility index (Phi) is 9.22. The fraction of sp³-hybridized carbons (Fsp3) is 0.588. The predicted octanol–water partition coefficient (Wildman–Crippen LogP) is 1.04. The SMILES string of the molecule is CCNC(=NCCCNS(C)(=O)=O)N(C)Cc1ccc(OC)cc1OC. The van der Waals surface area contributed by atoms with E-state index >= 15 is 0 Å². The van der Waals surface area contributed by atoms with Gasteiger partial charge in [-0.3, -0.25) is 4.99 Å². The van der Waals surface area contributed by atoms with Crippen LogP contribution < -0.4 is 19.5 Å². The van der Waals surface area contributed by atoms with Gasteiger partial charge in [0.1, 0.15) is 11.5 Å². The van der Waals surface area contributed by atoms with E-state index in [-0.39, 0.29) is 0 Å². The van der Waals surface area contributed by atoms with Crippen molar-refractivity contribution in [1.82, 2.24) is 14.9 Å². The summed E-state index contributed by atoms with van der Waals surface area (Å²) >= 11 is 0. The number of nitrogens with one attached hydrogen (secondary N) is 2. The maximum absolute atomic E-state index is 11.1. The zero-order valence-corrected chi connectivity index (χ0v) is 17.0. The van der Waals surface area contributed by atoms with Crippen LogP contribution in [0.15, 0.2) is 23.2 Å². The van der Waals surface area contributed by atoms with E-state index in [0.29, 0.717) is 26.1 Å². The average molecular weight is 387 g/mol. The van der Waals surface area contributed by atoms with Crippen LogP contribution in [0.4, 0.5) is 0 Å². The average Bonchev–Trinajstić information content (AvgIpc) is 2.59. The maximum Gasteiger partial charge on any atom is 0.208 e. The molecule has 0 unspecified atom stereocenters. The van der Waals surface area contributed by atoms with Gasteiger partial charge in [0.25, 0.3) is 0 Å². The lowest BCUT2D eigenvalue weighted by atomic mass is 10.2. The Morgan fingerprint density at radius 2 is 2.00 bits per heavy atom. The lowest BCUT2D eigenvalue weighted by molar-refractivity contribution is 0.382. The highest BCUT2D eigenvalue weighted by molar-refractivity contribution is 7.88. The quantitative estimate of drug-likeness (QED) is 0.355. The molecule has 0 atom stereocenters. The summed E-state index contributed by atoms with van der Waals surface area (Å²) in [7, 11) is 2.04. The van der Waals surface area contributed by atoms with Crippen LogP contribution in [-0.4, -0.2) is 66.4 Å². The Balaban J connectivity index is 2.72. The second-order valence-corrected chi connectivity index (χ2v) is 7.62. The molecule has 0 saturated heterocycles. The van der Waals surface area contributed by atoms with Crippen LogP contribution in [0.1, 0.15) is 18.9 Å². The molecular weight excluding hydrogens is 356 g/mol. The Labute approximate surface area is 156 Å². The summed E-state index contributed by atoms with van der Waals surface area (Å²) in [5, 5.41) is 3.24. The fourth-order valence-corrected chi connectivity index (χ4v) is 2.82. The van der Waals surface area contributed by atoms with E-state index in [0.717, 1.165) is 35.8 Å². The van der Waals surface area contributed by atoms with E-state index in [1.807, 2.05) is 37.1 Å². The third-order valence-electron chi connectivity index (χ3n) is 3.56. The minimum atomic E-state index is -3.15. The smallest absolute Gasteiger partial charge is 0.208 e. The van der Waals surface area contributed by atoms with E-state index in [1.54, 1.807) is 14.2 Å². The minimum Gasteiger partial charge on any atom is -0.497 e. The van der Waals surface area contributed by atoms with Crippen molar-refractivity contribution in [3.63, 3.8) is 0 Å². The van der Waals surface area contributed by atoms with Crippen LogP contribution >= 0.6 is 0 Å². The van der Waals surface area contributed by atoms with Gasteiger partial charge in [-0.2, -0.15) is 0 Å². The number of benzene rings is 1. The number of aliphatic imine (C=N–C) groups is 1. The van der Waals surface area contributed by atoms with Crippen LogP contribution in [0.3, 0.4) is 0 Å². The standard InChI is InChI=1S/C17H30N4O4S/c1-6-18-17(19-10-7-11-20-26(5,22)23)21(2)13-14-8-9-15(24-3)12-16(14)25-4/h8-9,12,20H,6-7,10-11,13H2,1-5H3,(H,18,19). The lowest BCUT2D eigenvalue weighted by Crippen LogP contribution is -2.38. The van der Waals surface area contributed by atoms with Crippen LogP contribution in [0.25, 0.3) is 0 Å². The topological polar surface area (TPSA) is 92.3 Å². The number of guanidine groups is 1. The molecule has 0 spiro atoms. The molecule has 8 nitrogen and oxygen atoms in total. The molecule has 0 aromatic heterocycles. The summed E-state index contributed by atoms with van der Waals surface area (Å²) in [6.45, 7) is 4.25. The lowest BCUT2D eigenvalue weighted by Gasteiger charge is -2.23. The van der Waals surface area contributed by atoms with Crippen molar-refractivity contribution >= 4 is 16.0 Å². The largest absolute Gasteiger partial charge is 0.497 e. The fourth-order valence-electron chi connectivity index (χ4n) is 2.30. The van der Waals surface area contributed by atoms with Gasteiger partial charge in [-0.15, -0.1) is 0 Å². The van der Waals surface area contributed by atoms with Crippen molar-refractivity contribution < 1.29 is 17.9 Å². The van der Waals surface area contributed by atoms with Gasteiger partial charge in [0, 0.05) is 44.9 Å². The highest BCUT2D eigenvalue weighted by atomic mass is 32.2. The molecule has 0 fully saturated rings. The molecule has 0 aliphatic carbocycles. The Bertz CT molecular complexity index is 692. The van der Waals surface area contributed by atoms with E-state index in [2.05, 4.69) is 15.0 Å². The van der Waals surface area contributed by atoms with Crippen molar-refractivity contribution in [3.05, 3.63) is 23.8 Å². The zero-order valence-electron chi connectivity index (χ0n) is 16.2. The molecular formula is C17H30N4O4S. The molecule has 0 saturated carbocycles. The van der Waals surface area contributed by atoms with Gasteiger partial charge in [-0.05, 0) is 25.5 Å². The molecule has 0 heterocycles. The van der Waals surface area contributed by atoms with Crippen molar-refractivity contribution in [2.45, 2.75) is 19.9 Å². The van der Waals surface area contributed by atoms with Gasteiger partial charge in [0.15, 0.2) is 5.96 Å². The van der Waals surface area contributed by atoms with Gasteiger partial charge in [0.2, 0.25) is 10.0 Å². The number of methoxy groups -OCH3 is 2. The molecule has 0 aliphatic rings. The molecule has 0 aliphatic heterocycles. The first kappa shape index (κ1) is 22.0. The molecule has 0 bridgehead atoms. The second-order valence-electron chi connectivity index (χ2n) is 5.79. The number of ether oxygens (including phenoxy) is 2. The first-order chi connectivity index (χ1) is 12.3. The number of nitrogens with zero attached hydrogens (tertiary/aromatic N) is 2. The number of hydrogen-bond donors (Lipinski definition) is 2. The van der Waals surface area contributed by atoms with Crippen LogP contribution in [-0.2, 0) is 16.6 Å². The molecule has 1 aromatic carbocycles. The van der Waals surface area contributed by atoms with Gasteiger partial charge in [-0.25, -0.2) is 13.1 Å². The number of sulfonamides is 1. The minimum absolute atomic E-state index is 0.373. The molecule has 0 amide bonds. The Hall–Kier alpha value is -2.00. The molecule has 148 valence electrons. The highest BCUT2D eigenvalue weighted by Gasteiger charge is 2.11. The van der Waals surface area contributed by atoms with E-state index in [9.17, 15) is 8.42 Å². The van der Waals surface area contributed by atoms with Crippen molar-refractivity contribution in [2.24, 2.45) is 4.99 Å². The monoisotopic (exact) mass is 386 g/mol. The normalized spacial score (nSPS) is 12.0. The van der Waals surface area contributed by atoms with Crippen molar-refractivity contribution in [1.29, 1.82) is 0 Å². The number of hydrogen-bond acceptors (Lipinski definition) is 5. The Morgan fingerprint density at radius 1 is 1.27 bits per heavy atom. The van der Waals surface area contributed by atoms with Crippen molar-refractivity contribution in [2.75, 3.05) is 47.2 Å². The number of rotatable bonds is 10. The van der Waals surface area contributed by atoms with Gasteiger partial charge < -0.3 is 19.7 Å². The molecule has 26 heavy (non-hydrogen) atoms. The first-order valence-electron chi connectivity index (χ1n) is 8.45. The summed E-state index contributed by atoms with van der Waals surface area (Å²) in [6.07, 6.45) is 1.78. The molecule has 0 radical (unpaired) electrons. The van der Waals surface area contributed by atoms with Crippen LogP contribution in [0.5, 0.6) is 11.5 Å². The predicted molar refractivity (Wildman–Crippen MR) is 104 cm³/mol. The Morgan fingerprint density at radius 3 is 2.58 bits per heavy atom. The van der Waals surface area contributed by atoms with Gasteiger partial charge in [-0.1, -0.05) is 0 Å². The van der Waals surface area contributed by atoms with E-state index in [1.165, 1.54) is 0 Å². The third-order valence-corrected chi connectivity index (χ3v) is 4.29. The molecule has 9 heteroatoms. The van der Waals surface area contributed by atoms with E-state index in [4.69, 9.17) is 9.47 Å². The summed E-state index contributed by atoms with van der Waals surface area (Å²) in [4.78, 5) is 6.55. The summed E-state index contributed by atoms with van der Waals surface area (Å²) in [6, 6.07) is 5.71. The summed E-state index contributed by atoms with van der Waals surface area (Å²) in [5.74, 6) is 2.25. The highest BCUT2D eigenvalue weighted by Crippen LogP contribution is 2.25. The maximum atomic E-state index is 11.1. The van der Waals surface area contributed by atoms with Gasteiger partial charge >= 0.3 is 0 Å². The van der Waals surface area contributed by atoms with Crippen LogP contribution in [0, 0.1) is 0 Å². The second kappa shape index (κ2) is 10.9. The van der Waals surface area contributed by atoms with Crippen LogP contribution in [0.2, 0.25) is 0 Å². The van der Waals surface area contributed by atoms with Gasteiger partial charge in [0.05, 0.1) is 20.5 Å². The zero-order chi connectivity index (χ0) is 19.6.